The van der Waals surface area contributed by atoms with Crippen molar-refractivity contribution in [3.05, 3.63) is 36.3 Å². The summed E-state index contributed by atoms with van der Waals surface area (Å²) in [5.41, 5.74) is 0.724. The molecule has 2 unspecified atom stereocenters. The Labute approximate surface area is 114 Å². The van der Waals surface area contributed by atoms with E-state index in [0.717, 1.165) is 6.66 Å². The van der Waals surface area contributed by atoms with Crippen molar-refractivity contribution in [3.63, 3.8) is 0 Å². The maximum absolute atomic E-state index is 11.7. The van der Waals surface area contributed by atoms with Crippen LogP contribution in [0, 0.1) is 0 Å². The molecule has 0 radical (unpaired) electrons. The van der Waals surface area contributed by atoms with Crippen molar-refractivity contribution in [3.8, 4) is 0 Å². The molecule has 0 aliphatic carbocycles. The molecule has 20 heavy (non-hydrogen) atoms. The van der Waals surface area contributed by atoms with E-state index in [4.69, 9.17) is 0 Å². The van der Waals surface area contributed by atoms with E-state index < -0.39 is 26.5 Å². The van der Waals surface area contributed by atoms with Crippen molar-refractivity contribution in [2.45, 2.75) is 11.5 Å². The summed E-state index contributed by atoms with van der Waals surface area (Å²) < 4.78 is 24.7. The zero-order valence-electron chi connectivity index (χ0n) is 10.5. The van der Waals surface area contributed by atoms with E-state index in [1.165, 1.54) is 10.6 Å². The Bertz CT molecular complexity index is 708. The molecule has 4 N–H and O–H groups in total. The van der Waals surface area contributed by atoms with E-state index in [1.807, 2.05) is 0 Å². The van der Waals surface area contributed by atoms with Gasteiger partial charge in [-0.05, 0) is 12.1 Å². The fourth-order valence-electron chi connectivity index (χ4n) is 1.85. The minimum atomic E-state index is -5.23. The number of rotatable bonds is 4. The minimum absolute atomic E-state index is 0.225. The lowest BCUT2D eigenvalue weighted by molar-refractivity contribution is 0.148. The predicted octanol–water partition coefficient (Wildman–Crippen LogP) is 0.601. The molecule has 0 amide bonds. The first-order chi connectivity index (χ1) is 9.06. The van der Waals surface area contributed by atoms with E-state index in [9.17, 15) is 28.9 Å². The predicted molar refractivity (Wildman–Crippen MR) is 71.6 cm³/mol. The van der Waals surface area contributed by atoms with Crippen LogP contribution < -0.4 is 0 Å². The topological polar surface area (TPSA) is 132 Å². The summed E-state index contributed by atoms with van der Waals surface area (Å²) in [7, 11) is -9.70. The van der Waals surface area contributed by atoms with Gasteiger partial charge in [0, 0.05) is 31.2 Å². The Balaban J connectivity index is 2.55. The summed E-state index contributed by atoms with van der Waals surface area (Å²) in [5, 5.41) is 7.06. The van der Waals surface area contributed by atoms with Crippen molar-refractivity contribution in [2.75, 3.05) is 6.66 Å². The minimum Gasteiger partial charge on any atom is -0.369 e. The quantitative estimate of drug-likeness (QED) is 0.606. The lowest BCUT2D eigenvalue weighted by atomic mass is 10.3. The van der Waals surface area contributed by atoms with Gasteiger partial charge in [0.05, 0.1) is 0 Å². The third-order valence-corrected chi connectivity index (χ3v) is 7.52. The molecule has 0 spiro atoms. The van der Waals surface area contributed by atoms with Gasteiger partial charge in [0.2, 0.25) is 12.5 Å². The summed E-state index contributed by atoms with van der Waals surface area (Å²) in [6, 6.07) is 5.04. The number of nitrogens with zero attached hydrogens (tertiary/aromatic N) is 2. The van der Waals surface area contributed by atoms with Crippen LogP contribution in [0.1, 0.15) is 5.69 Å². The first-order valence-corrected chi connectivity index (χ1v) is 9.27. The van der Waals surface area contributed by atoms with Crippen LogP contribution in [0.25, 0.3) is 5.65 Å². The maximum Gasteiger partial charge on any atom is 0.367 e. The standard InChI is InChI=1S/C10H14N2O6P2/c1-19(14,15)10(13,20(16,17)18)6-8-7-11-9-4-2-3-5-12(8)9/h2-5,7,13H,6H2,1H3,(H,14,15)(H2,16,17,18). The van der Waals surface area contributed by atoms with E-state index in [2.05, 4.69) is 4.98 Å². The van der Waals surface area contributed by atoms with Crippen molar-refractivity contribution < 1.29 is 28.9 Å². The normalized spacial score (nSPS) is 18.6. The molecular formula is C10H14N2O6P2. The van der Waals surface area contributed by atoms with Crippen LogP contribution in [0.4, 0.5) is 0 Å². The fraction of sp³-hybridized carbons (Fsp3) is 0.300. The molecule has 10 heteroatoms. The smallest absolute Gasteiger partial charge is 0.367 e. The van der Waals surface area contributed by atoms with Gasteiger partial charge in [-0.25, -0.2) is 4.98 Å². The molecule has 8 nitrogen and oxygen atoms in total. The highest BCUT2D eigenvalue weighted by atomic mass is 31.2. The molecule has 0 aliphatic heterocycles. The second kappa shape index (κ2) is 4.77. The summed E-state index contributed by atoms with van der Waals surface area (Å²) in [6.45, 7) is 0.718. The highest BCUT2D eigenvalue weighted by Crippen LogP contribution is 2.68. The molecule has 2 aromatic heterocycles. The molecular weight excluding hydrogens is 306 g/mol. The Morgan fingerprint density at radius 2 is 1.95 bits per heavy atom. The van der Waals surface area contributed by atoms with Crippen LogP contribution in [0.15, 0.2) is 30.6 Å². The van der Waals surface area contributed by atoms with Gasteiger partial charge in [-0.1, -0.05) is 6.07 Å². The second-order valence-corrected chi connectivity index (χ2v) is 9.23. The number of pyridine rings is 1. The van der Waals surface area contributed by atoms with Gasteiger partial charge in [-0.3, -0.25) is 9.13 Å². The molecule has 2 aromatic rings. The van der Waals surface area contributed by atoms with Gasteiger partial charge >= 0.3 is 7.60 Å². The molecule has 2 atom stereocenters. The first-order valence-electron chi connectivity index (χ1n) is 5.55. The maximum atomic E-state index is 11.7. The molecule has 0 aliphatic rings. The zero-order chi connectivity index (χ0) is 15.2. The van der Waals surface area contributed by atoms with Crippen LogP contribution in [0.5, 0.6) is 0 Å². The molecule has 0 saturated carbocycles. The van der Waals surface area contributed by atoms with E-state index >= 15 is 0 Å². The number of aliphatic hydroxyl groups is 1. The van der Waals surface area contributed by atoms with Gasteiger partial charge in [-0.2, -0.15) is 0 Å². The fourth-order valence-corrected chi connectivity index (χ4v) is 4.61. The summed E-state index contributed by atoms with van der Waals surface area (Å²) in [4.78, 5) is 32.0. The summed E-state index contributed by atoms with van der Waals surface area (Å²) in [5.74, 6) is 0. The molecule has 0 bridgehead atoms. The summed E-state index contributed by atoms with van der Waals surface area (Å²) in [6.07, 6.45) is 2.19. The van der Waals surface area contributed by atoms with Crippen LogP contribution in [0.3, 0.4) is 0 Å². The lowest BCUT2D eigenvalue weighted by Gasteiger charge is -2.30. The van der Waals surface area contributed by atoms with E-state index in [-0.39, 0.29) is 5.69 Å². The second-order valence-electron chi connectivity index (χ2n) is 4.55. The Morgan fingerprint density at radius 3 is 2.50 bits per heavy atom. The van der Waals surface area contributed by atoms with Crippen molar-refractivity contribution >= 4 is 20.6 Å². The average molecular weight is 320 g/mol. The lowest BCUT2D eigenvalue weighted by Crippen LogP contribution is -2.31. The number of aromatic nitrogens is 2. The Morgan fingerprint density at radius 1 is 1.30 bits per heavy atom. The van der Waals surface area contributed by atoms with Gasteiger partial charge < -0.3 is 24.2 Å². The molecule has 0 saturated heterocycles. The third-order valence-electron chi connectivity index (χ3n) is 3.04. The van der Waals surface area contributed by atoms with Gasteiger partial charge in [0.1, 0.15) is 5.65 Å². The van der Waals surface area contributed by atoms with E-state index in [0.29, 0.717) is 5.65 Å². The molecule has 0 aromatic carbocycles. The zero-order valence-corrected chi connectivity index (χ0v) is 12.3. The number of imidazole rings is 1. The Kier molecular flexibility index (Phi) is 3.67. The first kappa shape index (κ1) is 15.4. The number of hydrogen-bond acceptors (Lipinski definition) is 4. The third kappa shape index (κ3) is 2.46. The summed E-state index contributed by atoms with van der Waals surface area (Å²) >= 11 is 0. The highest BCUT2D eigenvalue weighted by Gasteiger charge is 2.57. The molecule has 2 heterocycles. The van der Waals surface area contributed by atoms with Gasteiger partial charge in [0.25, 0.3) is 0 Å². The SMILES string of the molecule is CP(=O)(O)C(O)(Cc1cnc2ccccn12)P(=O)(O)O. The van der Waals surface area contributed by atoms with Crippen molar-refractivity contribution in [1.29, 1.82) is 0 Å². The monoisotopic (exact) mass is 320 g/mol. The van der Waals surface area contributed by atoms with Crippen LogP contribution >= 0.6 is 15.0 Å². The molecule has 0 fully saturated rings. The van der Waals surface area contributed by atoms with Gasteiger partial charge in [-0.15, -0.1) is 0 Å². The van der Waals surface area contributed by atoms with Crippen LogP contribution in [0.2, 0.25) is 0 Å². The number of fused-ring (bicyclic) bond motifs is 1. The Hall–Kier alpha value is -1.01. The van der Waals surface area contributed by atoms with Crippen LogP contribution in [-0.2, 0) is 15.6 Å². The largest absolute Gasteiger partial charge is 0.369 e. The van der Waals surface area contributed by atoms with Crippen molar-refractivity contribution in [1.82, 2.24) is 9.38 Å². The van der Waals surface area contributed by atoms with E-state index in [1.54, 1.807) is 24.4 Å². The van der Waals surface area contributed by atoms with Crippen LogP contribution in [-0.4, -0.2) is 40.9 Å². The molecule has 2 rings (SSSR count). The number of hydrogen-bond donors (Lipinski definition) is 4. The van der Waals surface area contributed by atoms with Gasteiger partial charge in [0.15, 0.2) is 0 Å². The average Bonchev–Trinajstić information content (AvgIpc) is 2.70. The van der Waals surface area contributed by atoms with Crippen molar-refractivity contribution in [2.24, 2.45) is 0 Å². The highest BCUT2D eigenvalue weighted by molar-refractivity contribution is 7.74. The molecule has 110 valence electrons.